The third-order valence-electron chi connectivity index (χ3n) is 7.65. The summed E-state index contributed by atoms with van der Waals surface area (Å²) < 4.78 is 6.90. The summed E-state index contributed by atoms with van der Waals surface area (Å²) in [6.45, 7) is 7.57. The zero-order valence-electron chi connectivity index (χ0n) is 22.8. The third kappa shape index (κ3) is 4.99. The SMILES string of the molecule is CCCn1c(=O)n(C2CC2)c(=O)c2[nH]c(-c3ccc(N(CCN4CCCCC4)C(=O)c4snnc4C)nc3)nc21. The van der Waals surface area contributed by atoms with Gasteiger partial charge in [-0.3, -0.25) is 23.6 Å². The van der Waals surface area contributed by atoms with Crippen LogP contribution in [-0.2, 0) is 6.54 Å². The first-order valence-corrected chi connectivity index (χ1v) is 14.8. The third-order valence-corrected chi connectivity index (χ3v) is 8.46. The van der Waals surface area contributed by atoms with E-state index in [1.54, 1.807) is 28.7 Å². The van der Waals surface area contributed by atoms with Crippen molar-refractivity contribution < 1.29 is 4.79 Å². The van der Waals surface area contributed by atoms with E-state index >= 15 is 0 Å². The van der Waals surface area contributed by atoms with Crippen LogP contribution < -0.4 is 16.1 Å². The minimum Gasteiger partial charge on any atom is -0.332 e. The molecule has 0 radical (unpaired) electrons. The molecule has 4 aromatic rings. The zero-order valence-corrected chi connectivity index (χ0v) is 23.6. The number of hydrogen-bond donors (Lipinski definition) is 1. The van der Waals surface area contributed by atoms with Crippen LogP contribution in [0.1, 0.15) is 66.9 Å². The molecule has 13 heteroatoms. The number of H-pyrrole nitrogens is 1. The standard InChI is InChI=1S/C27H33N9O3S/c1-3-11-35-24-21(25(37)36(27(35)39)19-8-9-19)29-23(30-24)18-7-10-20(28-16-18)34(15-14-33-12-5-4-6-13-33)26(38)22-17(2)31-32-40-22/h7,10,16,19H,3-6,8-9,11-15H2,1-2H3,(H,29,30). The number of piperidine rings is 1. The van der Waals surface area contributed by atoms with Gasteiger partial charge in [-0.05, 0) is 75.8 Å². The van der Waals surface area contributed by atoms with E-state index in [0.29, 0.717) is 52.0 Å². The maximum Gasteiger partial charge on any atom is 0.333 e. The Morgan fingerprint density at radius 3 is 2.60 bits per heavy atom. The van der Waals surface area contributed by atoms with E-state index in [9.17, 15) is 14.4 Å². The number of nitrogens with one attached hydrogen (secondary N) is 1. The molecule has 1 aliphatic heterocycles. The van der Waals surface area contributed by atoms with Crippen LogP contribution in [0.5, 0.6) is 0 Å². The van der Waals surface area contributed by atoms with E-state index in [4.69, 9.17) is 0 Å². The fraction of sp³-hybridized carbons (Fsp3) is 0.519. The van der Waals surface area contributed by atoms with Gasteiger partial charge in [0.2, 0.25) is 0 Å². The first-order chi connectivity index (χ1) is 19.5. The molecule has 12 nitrogen and oxygen atoms in total. The number of aromatic amines is 1. The van der Waals surface area contributed by atoms with Crippen molar-refractivity contribution in [1.82, 2.24) is 38.6 Å². The Morgan fingerprint density at radius 1 is 1.15 bits per heavy atom. The van der Waals surface area contributed by atoms with E-state index in [-0.39, 0.29) is 23.2 Å². The Kier molecular flexibility index (Phi) is 7.32. The number of anilines is 1. The van der Waals surface area contributed by atoms with Crippen molar-refractivity contribution in [2.75, 3.05) is 31.1 Å². The van der Waals surface area contributed by atoms with Gasteiger partial charge in [0, 0.05) is 37.4 Å². The summed E-state index contributed by atoms with van der Waals surface area (Å²) in [5.74, 6) is 0.809. The number of likely N-dealkylation sites (tertiary alicyclic amines) is 1. The lowest BCUT2D eigenvalue weighted by atomic mass is 10.1. The first kappa shape index (κ1) is 26.5. The Balaban J connectivity index is 1.33. The Bertz CT molecular complexity index is 1640. The molecule has 5 heterocycles. The molecule has 1 saturated carbocycles. The van der Waals surface area contributed by atoms with Crippen molar-refractivity contribution in [3.63, 3.8) is 0 Å². The number of carbonyl (C=O) groups is 1. The molecule has 0 spiro atoms. The van der Waals surface area contributed by atoms with Gasteiger partial charge < -0.3 is 9.88 Å². The molecule has 6 rings (SSSR count). The second-order valence-electron chi connectivity index (χ2n) is 10.6. The fourth-order valence-corrected chi connectivity index (χ4v) is 5.94. The van der Waals surface area contributed by atoms with Gasteiger partial charge in [-0.2, -0.15) is 0 Å². The van der Waals surface area contributed by atoms with Gasteiger partial charge in [0.1, 0.15) is 22.0 Å². The van der Waals surface area contributed by atoms with Crippen LogP contribution >= 0.6 is 11.5 Å². The van der Waals surface area contributed by atoms with Crippen molar-refractivity contribution >= 4 is 34.4 Å². The molecule has 1 aliphatic carbocycles. The summed E-state index contributed by atoms with van der Waals surface area (Å²) in [5, 5.41) is 4.02. The van der Waals surface area contributed by atoms with Gasteiger partial charge >= 0.3 is 5.69 Å². The van der Waals surface area contributed by atoms with Crippen LogP contribution in [0.25, 0.3) is 22.6 Å². The largest absolute Gasteiger partial charge is 0.333 e. The molecule has 1 saturated heterocycles. The zero-order chi connectivity index (χ0) is 27.8. The van der Waals surface area contributed by atoms with Crippen molar-refractivity contribution in [1.29, 1.82) is 0 Å². The van der Waals surface area contributed by atoms with Crippen molar-refractivity contribution in [3.8, 4) is 11.4 Å². The number of fused-ring (bicyclic) bond motifs is 1. The maximum absolute atomic E-state index is 13.5. The lowest BCUT2D eigenvalue weighted by Gasteiger charge is -2.29. The van der Waals surface area contributed by atoms with Crippen LogP contribution in [-0.4, -0.2) is 70.7 Å². The van der Waals surface area contributed by atoms with Gasteiger partial charge in [-0.1, -0.05) is 17.8 Å². The minimum atomic E-state index is -0.332. The lowest BCUT2D eigenvalue weighted by Crippen LogP contribution is -2.41. The molecule has 1 amide bonds. The van der Waals surface area contributed by atoms with E-state index in [0.717, 1.165) is 50.4 Å². The fourth-order valence-electron chi connectivity index (χ4n) is 5.33. The van der Waals surface area contributed by atoms with E-state index < -0.39 is 0 Å². The van der Waals surface area contributed by atoms with Gasteiger partial charge in [0.25, 0.3) is 11.5 Å². The highest BCUT2D eigenvalue weighted by molar-refractivity contribution is 7.08. The van der Waals surface area contributed by atoms with Gasteiger partial charge in [-0.25, -0.2) is 14.8 Å². The minimum absolute atomic E-state index is 0.0361. The molecule has 1 N–H and O–H groups in total. The Labute approximate surface area is 234 Å². The topological polar surface area (TPSA) is 135 Å². The molecule has 2 fully saturated rings. The Morgan fingerprint density at radius 2 is 1.95 bits per heavy atom. The predicted octanol–water partition coefficient (Wildman–Crippen LogP) is 2.99. The number of amides is 1. The van der Waals surface area contributed by atoms with Crippen LogP contribution in [0.4, 0.5) is 5.82 Å². The van der Waals surface area contributed by atoms with Crippen LogP contribution in [0.3, 0.4) is 0 Å². The van der Waals surface area contributed by atoms with Crippen LogP contribution in [0, 0.1) is 6.92 Å². The van der Waals surface area contributed by atoms with Gasteiger partial charge in [-0.15, -0.1) is 5.10 Å². The van der Waals surface area contributed by atoms with E-state index in [1.165, 1.54) is 23.8 Å². The molecule has 2 aliphatic rings. The number of carbonyl (C=O) groups excluding carboxylic acids is 1. The first-order valence-electron chi connectivity index (χ1n) is 14.0. The van der Waals surface area contributed by atoms with Crippen molar-refractivity contribution in [2.45, 2.75) is 65.0 Å². The van der Waals surface area contributed by atoms with Gasteiger partial charge in [0.05, 0.1) is 5.69 Å². The summed E-state index contributed by atoms with van der Waals surface area (Å²) in [5.41, 5.74) is 1.31. The highest BCUT2D eigenvalue weighted by Crippen LogP contribution is 2.32. The molecule has 40 heavy (non-hydrogen) atoms. The lowest BCUT2D eigenvalue weighted by molar-refractivity contribution is 0.0984. The number of aryl methyl sites for hydroxylation is 2. The average molecular weight is 564 g/mol. The molecule has 0 atom stereocenters. The number of aromatic nitrogens is 7. The van der Waals surface area contributed by atoms with Crippen LogP contribution in [0.15, 0.2) is 27.9 Å². The molecule has 4 aromatic heterocycles. The smallest absolute Gasteiger partial charge is 0.332 e. The number of imidazole rings is 1. The average Bonchev–Trinajstić information content (AvgIpc) is 3.54. The summed E-state index contributed by atoms with van der Waals surface area (Å²) in [7, 11) is 0. The van der Waals surface area contributed by atoms with Crippen LogP contribution in [0.2, 0.25) is 0 Å². The normalized spacial score (nSPS) is 16.1. The van der Waals surface area contributed by atoms with Gasteiger partial charge in [0.15, 0.2) is 5.65 Å². The molecule has 0 unspecified atom stereocenters. The van der Waals surface area contributed by atoms with Crippen molar-refractivity contribution in [3.05, 3.63) is 49.7 Å². The highest BCUT2D eigenvalue weighted by atomic mass is 32.1. The summed E-state index contributed by atoms with van der Waals surface area (Å²) in [4.78, 5) is 56.9. The monoisotopic (exact) mass is 563 g/mol. The highest BCUT2D eigenvalue weighted by Gasteiger charge is 2.30. The second kappa shape index (κ2) is 11.0. The van der Waals surface area contributed by atoms with E-state index in [2.05, 4.69) is 29.4 Å². The second-order valence-corrected chi connectivity index (χ2v) is 11.3. The number of hydrogen-bond acceptors (Lipinski definition) is 9. The predicted molar refractivity (Wildman–Crippen MR) is 153 cm³/mol. The molecular weight excluding hydrogens is 530 g/mol. The number of rotatable bonds is 9. The summed E-state index contributed by atoms with van der Waals surface area (Å²) in [6.07, 6.45) is 7.66. The molecule has 0 bridgehead atoms. The van der Waals surface area contributed by atoms with Crippen molar-refractivity contribution in [2.24, 2.45) is 0 Å². The summed E-state index contributed by atoms with van der Waals surface area (Å²) >= 11 is 1.09. The molecule has 0 aromatic carbocycles. The Hall–Kier alpha value is -3.71. The molecular formula is C27H33N9O3S. The molecule has 210 valence electrons. The number of nitrogens with zero attached hydrogens (tertiary/aromatic N) is 8. The summed E-state index contributed by atoms with van der Waals surface area (Å²) in [6, 6.07) is 3.59. The maximum atomic E-state index is 13.5. The van der Waals surface area contributed by atoms with E-state index in [1.807, 2.05) is 13.0 Å². The quantitative estimate of drug-likeness (QED) is 0.328. The number of pyridine rings is 1.